The van der Waals surface area contributed by atoms with Gasteiger partial charge < -0.3 is 15.2 Å². The number of nitrogens with one attached hydrogen (secondary N) is 1. The van der Waals surface area contributed by atoms with E-state index in [0.29, 0.717) is 28.0 Å². The first-order chi connectivity index (χ1) is 10.6. The van der Waals surface area contributed by atoms with Gasteiger partial charge in [-0.25, -0.2) is 4.98 Å². The Morgan fingerprint density at radius 2 is 2.05 bits per heavy atom. The van der Waals surface area contributed by atoms with E-state index in [0.717, 1.165) is 5.56 Å². The molecule has 0 bridgehead atoms. The Morgan fingerprint density at radius 3 is 2.68 bits per heavy atom. The SMILES string of the molecule is CNCC(c1ccc(Cl)c(Cl)c1)C(O)c1cccnc1OC. The third-order valence-corrected chi connectivity index (χ3v) is 4.23. The quantitative estimate of drug-likeness (QED) is 0.845. The summed E-state index contributed by atoms with van der Waals surface area (Å²) in [5.41, 5.74) is 1.53. The van der Waals surface area contributed by atoms with Crippen LogP contribution in [0.1, 0.15) is 23.1 Å². The Morgan fingerprint density at radius 1 is 1.27 bits per heavy atom. The zero-order valence-corrected chi connectivity index (χ0v) is 13.9. The van der Waals surface area contributed by atoms with Crippen LogP contribution in [0.15, 0.2) is 36.5 Å². The van der Waals surface area contributed by atoms with Gasteiger partial charge in [0.1, 0.15) is 0 Å². The van der Waals surface area contributed by atoms with E-state index in [1.165, 1.54) is 7.11 Å². The number of ether oxygens (including phenoxy) is 1. The van der Waals surface area contributed by atoms with E-state index in [1.54, 1.807) is 30.5 Å². The van der Waals surface area contributed by atoms with Crippen molar-refractivity contribution in [1.82, 2.24) is 10.3 Å². The molecule has 0 spiro atoms. The summed E-state index contributed by atoms with van der Waals surface area (Å²) >= 11 is 12.1. The second-order valence-electron chi connectivity index (χ2n) is 4.88. The van der Waals surface area contributed by atoms with Gasteiger partial charge >= 0.3 is 0 Å². The summed E-state index contributed by atoms with van der Waals surface area (Å²) in [7, 11) is 3.36. The van der Waals surface area contributed by atoms with E-state index in [4.69, 9.17) is 27.9 Å². The van der Waals surface area contributed by atoms with Crippen LogP contribution in [0.5, 0.6) is 5.88 Å². The van der Waals surface area contributed by atoms with Gasteiger partial charge in [-0.3, -0.25) is 0 Å². The van der Waals surface area contributed by atoms with Crippen LogP contribution in [0.4, 0.5) is 0 Å². The maximum Gasteiger partial charge on any atom is 0.218 e. The lowest BCUT2D eigenvalue weighted by Crippen LogP contribution is -2.23. The third kappa shape index (κ3) is 3.70. The van der Waals surface area contributed by atoms with Crippen LogP contribution in [0.2, 0.25) is 10.0 Å². The van der Waals surface area contributed by atoms with E-state index >= 15 is 0 Å². The molecule has 0 aliphatic carbocycles. The van der Waals surface area contributed by atoms with Crippen molar-refractivity contribution < 1.29 is 9.84 Å². The van der Waals surface area contributed by atoms with Crippen molar-refractivity contribution >= 4 is 23.2 Å². The second kappa shape index (κ2) is 7.79. The minimum Gasteiger partial charge on any atom is -0.481 e. The van der Waals surface area contributed by atoms with Crippen LogP contribution in [-0.4, -0.2) is 30.8 Å². The molecular weight excluding hydrogens is 323 g/mol. The fourth-order valence-electron chi connectivity index (χ4n) is 2.39. The number of likely N-dealkylation sites (N-methyl/N-ethyl adjacent to an activating group) is 1. The molecule has 4 nitrogen and oxygen atoms in total. The molecule has 1 aromatic heterocycles. The number of aromatic nitrogens is 1. The van der Waals surface area contributed by atoms with E-state index in [2.05, 4.69) is 10.3 Å². The molecule has 6 heteroatoms. The zero-order chi connectivity index (χ0) is 16.1. The molecule has 2 rings (SSSR count). The van der Waals surface area contributed by atoms with Crippen LogP contribution in [0.25, 0.3) is 0 Å². The molecule has 0 aliphatic heterocycles. The number of halogens is 2. The molecule has 0 saturated heterocycles. The fraction of sp³-hybridized carbons (Fsp3) is 0.312. The number of aliphatic hydroxyl groups is 1. The zero-order valence-electron chi connectivity index (χ0n) is 12.4. The molecule has 0 aliphatic rings. The second-order valence-corrected chi connectivity index (χ2v) is 5.70. The number of methoxy groups -OCH3 is 1. The molecule has 1 heterocycles. The van der Waals surface area contributed by atoms with Crippen molar-refractivity contribution in [3.63, 3.8) is 0 Å². The Kier molecular flexibility index (Phi) is 6.03. The van der Waals surface area contributed by atoms with Crippen LogP contribution >= 0.6 is 23.2 Å². The summed E-state index contributed by atoms with van der Waals surface area (Å²) in [4.78, 5) is 4.14. The van der Waals surface area contributed by atoms with E-state index in [1.807, 2.05) is 13.1 Å². The normalized spacial score (nSPS) is 13.7. The number of nitrogens with zero attached hydrogens (tertiary/aromatic N) is 1. The number of aliphatic hydroxyl groups excluding tert-OH is 1. The van der Waals surface area contributed by atoms with Crippen LogP contribution in [0.3, 0.4) is 0 Å². The highest BCUT2D eigenvalue weighted by Crippen LogP contribution is 2.36. The molecule has 0 amide bonds. The smallest absolute Gasteiger partial charge is 0.218 e. The Hall–Kier alpha value is -1.33. The van der Waals surface area contributed by atoms with Gasteiger partial charge in [-0.05, 0) is 36.9 Å². The van der Waals surface area contributed by atoms with E-state index in [-0.39, 0.29) is 5.92 Å². The topological polar surface area (TPSA) is 54.4 Å². The summed E-state index contributed by atoms with van der Waals surface area (Å²) in [5, 5.41) is 14.8. The van der Waals surface area contributed by atoms with Crippen molar-refractivity contribution in [2.45, 2.75) is 12.0 Å². The first kappa shape index (κ1) is 17.0. The standard InChI is InChI=1S/C16H18Cl2N2O2/c1-19-9-12(10-5-6-13(17)14(18)8-10)15(21)11-4-3-7-20-16(11)22-2/h3-8,12,15,19,21H,9H2,1-2H3. The Balaban J connectivity index is 2.40. The van der Waals surface area contributed by atoms with Gasteiger partial charge in [0.05, 0.1) is 23.3 Å². The van der Waals surface area contributed by atoms with Crippen LogP contribution < -0.4 is 10.1 Å². The minimum absolute atomic E-state index is 0.210. The largest absolute Gasteiger partial charge is 0.481 e. The van der Waals surface area contributed by atoms with Gasteiger partial charge in [-0.1, -0.05) is 29.3 Å². The van der Waals surface area contributed by atoms with Gasteiger partial charge in [-0.15, -0.1) is 0 Å². The molecule has 118 valence electrons. The van der Waals surface area contributed by atoms with Gasteiger partial charge in [0.25, 0.3) is 0 Å². The van der Waals surface area contributed by atoms with Crippen LogP contribution in [0, 0.1) is 0 Å². The molecule has 0 saturated carbocycles. The maximum absolute atomic E-state index is 10.8. The lowest BCUT2D eigenvalue weighted by atomic mass is 9.89. The van der Waals surface area contributed by atoms with Gasteiger partial charge in [-0.2, -0.15) is 0 Å². The summed E-state index contributed by atoms with van der Waals surface area (Å²) < 4.78 is 5.23. The summed E-state index contributed by atoms with van der Waals surface area (Å²) in [5.74, 6) is 0.203. The lowest BCUT2D eigenvalue weighted by Gasteiger charge is -2.24. The maximum atomic E-state index is 10.8. The number of pyridine rings is 1. The van der Waals surface area contributed by atoms with Gasteiger partial charge in [0.15, 0.2) is 0 Å². The summed E-state index contributed by atoms with van der Waals surface area (Å²) in [6.45, 7) is 0.567. The molecular formula is C16H18Cl2N2O2. The predicted octanol–water partition coefficient (Wildman–Crippen LogP) is 3.43. The van der Waals surface area contributed by atoms with Gasteiger partial charge in [0.2, 0.25) is 5.88 Å². The minimum atomic E-state index is -0.784. The average Bonchev–Trinajstić information content (AvgIpc) is 2.54. The molecule has 0 radical (unpaired) electrons. The van der Waals surface area contributed by atoms with Crippen molar-refractivity contribution in [2.75, 3.05) is 20.7 Å². The fourth-order valence-corrected chi connectivity index (χ4v) is 2.70. The molecule has 22 heavy (non-hydrogen) atoms. The van der Waals surface area contributed by atoms with E-state index in [9.17, 15) is 5.11 Å². The first-order valence-electron chi connectivity index (χ1n) is 6.85. The molecule has 1 aromatic carbocycles. The highest BCUT2D eigenvalue weighted by atomic mass is 35.5. The number of hydrogen-bond acceptors (Lipinski definition) is 4. The lowest BCUT2D eigenvalue weighted by molar-refractivity contribution is 0.140. The third-order valence-electron chi connectivity index (χ3n) is 3.49. The predicted molar refractivity (Wildman–Crippen MR) is 88.9 cm³/mol. The number of benzene rings is 1. The molecule has 2 atom stereocenters. The summed E-state index contributed by atoms with van der Waals surface area (Å²) in [6.07, 6.45) is 0.842. The molecule has 2 unspecified atom stereocenters. The van der Waals surface area contributed by atoms with Crippen LogP contribution in [-0.2, 0) is 0 Å². The Bertz CT molecular complexity index is 637. The highest BCUT2D eigenvalue weighted by Gasteiger charge is 2.25. The average molecular weight is 341 g/mol. The Labute approximate surface area is 140 Å². The van der Waals surface area contributed by atoms with Crippen molar-refractivity contribution in [2.24, 2.45) is 0 Å². The van der Waals surface area contributed by atoms with Gasteiger partial charge in [0, 0.05) is 24.2 Å². The monoisotopic (exact) mass is 340 g/mol. The number of rotatable bonds is 6. The highest BCUT2D eigenvalue weighted by molar-refractivity contribution is 6.42. The molecule has 2 aromatic rings. The van der Waals surface area contributed by atoms with Crippen molar-refractivity contribution in [1.29, 1.82) is 0 Å². The molecule has 0 fully saturated rings. The number of hydrogen-bond donors (Lipinski definition) is 2. The summed E-state index contributed by atoms with van der Waals surface area (Å²) in [6, 6.07) is 8.94. The molecule has 2 N–H and O–H groups in total. The van der Waals surface area contributed by atoms with Crippen molar-refractivity contribution in [3.8, 4) is 5.88 Å². The van der Waals surface area contributed by atoms with E-state index < -0.39 is 6.10 Å². The first-order valence-corrected chi connectivity index (χ1v) is 7.60. The van der Waals surface area contributed by atoms with Crippen molar-refractivity contribution in [3.05, 3.63) is 57.7 Å².